The summed E-state index contributed by atoms with van der Waals surface area (Å²) in [4.78, 5) is 0. The lowest BCUT2D eigenvalue weighted by Crippen LogP contribution is -2.19. The molecule has 4 heteroatoms. The molecule has 1 heterocycles. The minimum absolute atomic E-state index is 0.173. The lowest BCUT2D eigenvalue weighted by Gasteiger charge is -2.20. The Balaban J connectivity index is 2.23. The topological polar surface area (TPSA) is 17.0 Å². The zero-order valence-electron chi connectivity index (χ0n) is 9.53. The van der Waals surface area contributed by atoms with E-state index in [-0.39, 0.29) is 6.04 Å². The molecule has 0 saturated heterocycles. The Hall–Kier alpha value is -1.12. The van der Waals surface area contributed by atoms with Crippen molar-refractivity contribution in [3.63, 3.8) is 0 Å². The van der Waals surface area contributed by atoms with Gasteiger partial charge in [-0.3, -0.25) is 4.68 Å². The Bertz CT molecular complexity index is 480. The van der Waals surface area contributed by atoms with Gasteiger partial charge in [0, 0.05) is 22.4 Å². The largest absolute Gasteiger partial charge is 0.319 e. The van der Waals surface area contributed by atoms with E-state index in [0.29, 0.717) is 10.0 Å². The number of benzene rings is 1. The van der Waals surface area contributed by atoms with Crippen molar-refractivity contribution in [2.45, 2.75) is 19.4 Å². The molecule has 0 aliphatic carbocycles. The maximum absolute atomic E-state index is 6.21. The van der Waals surface area contributed by atoms with Gasteiger partial charge < -0.3 is 5.43 Å². The van der Waals surface area contributed by atoms with Gasteiger partial charge >= 0.3 is 0 Å². The SMILES string of the molecule is CCC(Nn1cccc1)c1ccc(Cl)cc1Cl. The van der Waals surface area contributed by atoms with Crippen LogP contribution in [0.15, 0.2) is 42.7 Å². The summed E-state index contributed by atoms with van der Waals surface area (Å²) in [5, 5.41) is 1.36. The summed E-state index contributed by atoms with van der Waals surface area (Å²) in [6.07, 6.45) is 4.87. The highest BCUT2D eigenvalue weighted by atomic mass is 35.5. The van der Waals surface area contributed by atoms with Crippen LogP contribution in [0, 0.1) is 0 Å². The van der Waals surface area contributed by atoms with Crippen molar-refractivity contribution >= 4 is 23.2 Å². The summed E-state index contributed by atoms with van der Waals surface area (Å²) in [5.41, 5.74) is 4.44. The summed E-state index contributed by atoms with van der Waals surface area (Å²) in [6.45, 7) is 2.12. The summed E-state index contributed by atoms with van der Waals surface area (Å²) < 4.78 is 1.93. The minimum Gasteiger partial charge on any atom is -0.319 e. The fourth-order valence-corrected chi connectivity index (χ4v) is 2.31. The van der Waals surface area contributed by atoms with Gasteiger partial charge in [0.25, 0.3) is 0 Å². The number of rotatable bonds is 4. The van der Waals surface area contributed by atoms with Crippen LogP contribution in [-0.4, -0.2) is 4.68 Å². The molecule has 90 valence electrons. The molecular formula is C13H14Cl2N2. The Kier molecular flexibility index (Phi) is 3.97. The van der Waals surface area contributed by atoms with Gasteiger partial charge in [-0.05, 0) is 36.2 Å². The van der Waals surface area contributed by atoms with E-state index in [1.807, 2.05) is 41.3 Å². The highest BCUT2D eigenvalue weighted by Gasteiger charge is 2.12. The fourth-order valence-electron chi connectivity index (χ4n) is 1.77. The number of hydrogen-bond donors (Lipinski definition) is 1. The van der Waals surface area contributed by atoms with Crippen LogP contribution in [0.4, 0.5) is 0 Å². The molecule has 2 nitrogen and oxygen atoms in total. The summed E-state index contributed by atoms with van der Waals surface area (Å²) >= 11 is 12.1. The molecular weight excluding hydrogens is 255 g/mol. The minimum atomic E-state index is 0.173. The zero-order valence-corrected chi connectivity index (χ0v) is 11.0. The van der Waals surface area contributed by atoms with Crippen LogP contribution in [0.3, 0.4) is 0 Å². The third-order valence-corrected chi connectivity index (χ3v) is 3.22. The highest BCUT2D eigenvalue weighted by molar-refractivity contribution is 6.35. The van der Waals surface area contributed by atoms with Gasteiger partial charge in [-0.2, -0.15) is 0 Å². The lowest BCUT2D eigenvalue weighted by atomic mass is 10.1. The van der Waals surface area contributed by atoms with Crippen molar-refractivity contribution in [2.75, 3.05) is 5.43 Å². The second-order valence-corrected chi connectivity index (χ2v) is 4.69. The predicted octanol–water partition coefficient (Wildman–Crippen LogP) is 4.49. The first-order valence-electron chi connectivity index (χ1n) is 5.55. The van der Waals surface area contributed by atoms with Gasteiger partial charge in [0.1, 0.15) is 0 Å². The third-order valence-electron chi connectivity index (χ3n) is 2.66. The van der Waals surface area contributed by atoms with E-state index in [4.69, 9.17) is 23.2 Å². The second kappa shape index (κ2) is 5.48. The first-order chi connectivity index (χ1) is 8.20. The number of aromatic nitrogens is 1. The van der Waals surface area contributed by atoms with Crippen molar-refractivity contribution in [1.29, 1.82) is 0 Å². The standard InChI is InChI=1S/C13H14Cl2N2/c1-2-13(16-17-7-3-4-8-17)11-6-5-10(14)9-12(11)15/h3-9,13,16H,2H2,1H3. The molecule has 0 aliphatic rings. The van der Waals surface area contributed by atoms with E-state index in [1.165, 1.54) is 0 Å². The first kappa shape index (κ1) is 12.3. The quantitative estimate of drug-likeness (QED) is 0.865. The van der Waals surface area contributed by atoms with Crippen molar-refractivity contribution < 1.29 is 0 Å². The van der Waals surface area contributed by atoms with E-state index in [0.717, 1.165) is 12.0 Å². The van der Waals surface area contributed by atoms with Crippen LogP contribution in [0.25, 0.3) is 0 Å². The lowest BCUT2D eigenvalue weighted by molar-refractivity contribution is 0.653. The van der Waals surface area contributed by atoms with Gasteiger partial charge in [0.05, 0.1) is 6.04 Å². The molecule has 0 bridgehead atoms. The maximum Gasteiger partial charge on any atom is 0.0685 e. The summed E-state index contributed by atoms with van der Waals surface area (Å²) in [6, 6.07) is 9.73. The zero-order chi connectivity index (χ0) is 12.3. The number of halogens is 2. The van der Waals surface area contributed by atoms with E-state index in [9.17, 15) is 0 Å². The summed E-state index contributed by atoms with van der Waals surface area (Å²) in [7, 11) is 0. The second-order valence-electron chi connectivity index (χ2n) is 3.85. The van der Waals surface area contributed by atoms with Gasteiger partial charge in [0.2, 0.25) is 0 Å². The molecule has 1 N–H and O–H groups in total. The van der Waals surface area contributed by atoms with Crippen molar-refractivity contribution in [3.8, 4) is 0 Å². The molecule has 0 radical (unpaired) electrons. The van der Waals surface area contributed by atoms with Crippen LogP contribution in [0.1, 0.15) is 24.9 Å². The molecule has 0 saturated carbocycles. The van der Waals surface area contributed by atoms with Gasteiger partial charge in [-0.15, -0.1) is 0 Å². The highest BCUT2D eigenvalue weighted by Crippen LogP contribution is 2.28. The molecule has 0 spiro atoms. The summed E-state index contributed by atoms with van der Waals surface area (Å²) in [5.74, 6) is 0. The molecule has 17 heavy (non-hydrogen) atoms. The maximum atomic E-state index is 6.21. The number of nitrogens with zero attached hydrogens (tertiary/aromatic N) is 1. The Morgan fingerprint density at radius 3 is 2.53 bits per heavy atom. The average molecular weight is 269 g/mol. The van der Waals surface area contributed by atoms with Crippen LogP contribution in [0.5, 0.6) is 0 Å². The van der Waals surface area contributed by atoms with Gasteiger partial charge in [-0.25, -0.2) is 0 Å². The molecule has 0 fully saturated rings. The van der Waals surface area contributed by atoms with E-state index in [1.54, 1.807) is 6.07 Å². The van der Waals surface area contributed by atoms with Crippen molar-refractivity contribution in [3.05, 3.63) is 58.3 Å². The van der Waals surface area contributed by atoms with E-state index in [2.05, 4.69) is 12.3 Å². The Morgan fingerprint density at radius 2 is 1.94 bits per heavy atom. The van der Waals surface area contributed by atoms with Crippen LogP contribution in [0.2, 0.25) is 10.0 Å². The van der Waals surface area contributed by atoms with Gasteiger partial charge in [0.15, 0.2) is 0 Å². The molecule has 1 aromatic carbocycles. The molecule has 2 aromatic rings. The number of hydrogen-bond acceptors (Lipinski definition) is 1. The van der Waals surface area contributed by atoms with E-state index < -0.39 is 0 Å². The molecule has 1 unspecified atom stereocenters. The molecule has 1 atom stereocenters. The third kappa shape index (κ3) is 2.96. The van der Waals surface area contributed by atoms with Crippen LogP contribution >= 0.6 is 23.2 Å². The fraction of sp³-hybridized carbons (Fsp3) is 0.231. The first-order valence-corrected chi connectivity index (χ1v) is 6.30. The Labute approximate surface area is 111 Å². The normalized spacial score (nSPS) is 12.4. The van der Waals surface area contributed by atoms with E-state index >= 15 is 0 Å². The van der Waals surface area contributed by atoms with Gasteiger partial charge in [-0.1, -0.05) is 36.2 Å². The molecule has 0 aliphatic heterocycles. The molecule has 1 aromatic heterocycles. The smallest absolute Gasteiger partial charge is 0.0685 e. The predicted molar refractivity (Wildman–Crippen MR) is 73.3 cm³/mol. The Morgan fingerprint density at radius 1 is 1.24 bits per heavy atom. The molecule has 0 amide bonds. The average Bonchev–Trinajstić information content (AvgIpc) is 2.79. The molecule has 2 rings (SSSR count). The van der Waals surface area contributed by atoms with Crippen LogP contribution in [-0.2, 0) is 0 Å². The van der Waals surface area contributed by atoms with Crippen molar-refractivity contribution in [2.24, 2.45) is 0 Å². The van der Waals surface area contributed by atoms with Crippen molar-refractivity contribution in [1.82, 2.24) is 4.68 Å². The monoisotopic (exact) mass is 268 g/mol. The van der Waals surface area contributed by atoms with Crippen LogP contribution < -0.4 is 5.43 Å². The number of nitrogens with one attached hydrogen (secondary N) is 1.